The van der Waals surface area contributed by atoms with E-state index in [-0.39, 0.29) is 29.1 Å². The maximum Gasteiger partial charge on any atom is 0.410 e. The van der Waals surface area contributed by atoms with Crippen LogP contribution >= 0.6 is 0 Å². The smallest absolute Gasteiger partial charge is 0.410 e. The van der Waals surface area contributed by atoms with E-state index < -0.39 is 5.60 Å². The second-order valence-electron chi connectivity index (χ2n) is 14.3. The number of benzene rings is 1. The van der Waals surface area contributed by atoms with E-state index in [0.717, 1.165) is 55.6 Å². The number of aromatic amines is 1. The number of amides is 2. The van der Waals surface area contributed by atoms with Crippen LogP contribution in [0.3, 0.4) is 0 Å². The Morgan fingerprint density at radius 1 is 1.02 bits per heavy atom. The quantitative estimate of drug-likeness (QED) is 0.267. The Balaban J connectivity index is 1.13. The van der Waals surface area contributed by atoms with Crippen molar-refractivity contribution < 1.29 is 19.1 Å². The Hall–Kier alpha value is -4.08. The van der Waals surface area contributed by atoms with Gasteiger partial charge in [0, 0.05) is 68.7 Å². The minimum Gasteiger partial charge on any atom is -0.444 e. The van der Waals surface area contributed by atoms with Gasteiger partial charge in [-0.2, -0.15) is 0 Å². The molecule has 0 spiro atoms. The molecule has 0 radical (unpaired) electrons. The summed E-state index contributed by atoms with van der Waals surface area (Å²) in [5.41, 5.74) is 9.14. The first kappa shape index (κ1) is 33.3. The molecule has 3 aliphatic rings. The number of nitrogens with one attached hydrogen (secondary N) is 1. The molecule has 5 rings (SSSR count). The van der Waals surface area contributed by atoms with Gasteiger partial charge in [0.05, 0.1) is 11.3 Å². The predicted molar refractivity (Wildman–Crippen MR) is 184 cm³/mol. The lowest BCUT2D eigenvalue weighted by Crippen LogP contribution is -2.52. The molecule has 248 valence electrons. The number of piperidine rings is 1. The zero-order valence-corrected chi connectivity index (χ0v) is 27.9. The fourth-order valence-electron chi connectivity index (χ4n) is 6.80. The standard InChI is InChI=1S/C36H50N6O4/c1-25(23-38-32-30(37)29(24-39-32)31(43)36(5)14-7-6-8-15-36)27-10-9-11-28(22-27)40-18-20-41(21-19-40)33(44)26-12-16-42(17-13-26)34(45)46-35(2,3)4/h9-11,22-24,26,39H,1,6-8,12-21,37H2,2-5H3/b38-23-. The van der Waals surface area contributed by atoms with E-state index in [2.05, 4.69) is 40.5 Å². The number of aliphatic imine (C=N–C) groups is 1. The number of carbonyl (C=O) groups is 3. The summed E-state index contributed by atoms with van der Waals surface area (Å²) in [4.78, 5) is 52.6. The van der Waals surface area contributed by atoms with Crippen LogP contribution in [0.2, 0.25) is 0 Å². The number of likely N-dealkylation sites (tertiary alicyclic amines) is 1. The number of Topliss-reactive ketones (excluding diaryl/α,β-unsaturated/α-hetero) is 1. The lowest BCUT2D eigenvalue weighted by molar-refractivity contribution is -0.137. The summed E-state index contributed by atoms with van der Waals surface area (Å²) < 4.78 is 5.49. The molecular weight excluding hydrogens is 580 g/mol. The average molecular weight is 631 g/mol. The van der Waals surface area contributed by atoms with Crippen molar-refractivity contribution in [3.8, 4) is 0 Å². The Bertz CT molecular complexity index is 1470. The Morgan fingerprint density at radius 3 is 2.35 bits per heavy atom. The molecule has 0 atom stereocenters. The van der Waals surface area contributed by atoms with Crippen LogP contribution in [0.4, 0.5) is 22.0 Å². The molecule has 2 saturated heterocycles. The largest absolute Gasteiger partial charge is 0.444 e. The normalized spacial score (nSPS) is 19.3. The SMILES string of the molecule is C=C(/C=N\c1[nH]cc(C(=O)C2(C)CCCCC2)c1N)c1cccc(N2CCN(C(=O)C3CCN(C(=O)OC(C)(C)C)CC3)CC2)c1. The Labute approximate surface area is 273 Å². The van der Waals surface area contributed by atoms with Crippen molar-refractivity contribution in [2.75, 3.05) is 49.9 Å². The zero-order chi connectivity index (χ0) is 33.1. The van der Waals surface area contributed by atoms with Crippen LogP contribution < -0.4 is 10.6 Å². The van der Waals surface area contributed by atoms with Crippen LogP contribution in [0.1, 0.15) is 88.6 Å². The van der Waals surface area contributed by atoms with Crippen LogP contribution in [0.5, 0.6) is 0 Å². The van der Waals surface area contributed by atoms with Gasteiger partial charge in [-0.05, 0) is 69.7 Å². The zero-order valence-electron chi connectivity index (χ0n) is 27.9. The van der Waals surface area contributed by atoms with Gasteiger partial charge in [0.1, 0.15) is 5.60 Å². The fourth-order valence-corrected chi connectivity index (χ4v) is 6.80. The van der Waals surface area contributed by atoms with E-state index in [1.165, 1.54) is 6.42 Å². The molecule has 1 aromatic carbocycles. The number of carbonyl (C=O) groups excluding carboxylic acids is 3. The fraction of sp³-hybridized carbons (Fsp3) is 0.556. The molecule has 1 aromatic heterocycles. The van der Waals surface area contributed by atoms with Crippen molar-refractivity contribution in [2.45, 2.75) is 78.2 Å². The van der Waals surface area contributed by atoms with Crippen molar-refractivity contribution in [3.05, 3.63) is 48.2 Å². The number of allylic oxidation sites excluding steroid dienone is 1. The topological polar surface area (TPSA) is 124 Å². The second-order valence-corrected chi connectivity index (χ2v) is 14.3. The lowest BCUT2D eigenvalue weighted by Gasteiger charge is -2.39. The van der Waals surface area contributed by atoms with Crippen molar-refractivity contribution in [1.29, 1.82) is 0 Å². The van der Waals surface area contributed by atoms with Gasteiger partial charge in [0.2, 0.25) is 5.91 Å². The van der Waals surface area contributed by atoms with Crippen LogP contribution in [-0.4, -0.2) is 83.7 Å². The summed E-state index contributed by atoms with van der Waals surface area (Å²) in [6.07, 6.45) is 9.50. The Morgan fingerprint density at radius 2 is 1.70 bits per heavy atom. The van der Waals surface area contributed by atoms with E-state index >= 15 is 0 Å². The highest BCUT2D eigenvalue weighted by molar-refractivity contribution is 6.11. The van der Waals surface area contributed by atoms with Crippen molar-refractivity contribution in [2.24, 2.45) is 16.3 Å². The first-order valence-corrected chi connectivity index (χ1v) is 16.7. The highest BCUT2D eigenvalue weighted by atomic mass is 16.6. The van der Waals surface area contributed by atoms with Gasteiger partial charge < -0.3 is 30.2 Å². The van der Waals surface area contributed by atoms with Crippen LogP contribution in [0.25, 0.3) is 5.57 Å². The Kier molecular flexibility index (Phi) is 9.93. The number of H-pyrrole nitrogens is 1. The van der Waals surface area contributed by atoms with Gasteiger partial charge in [-0.1, -0.05) is 44.9 Å². The molecule has 3 N–H and O–H groups in total. The number of ketones is 1. The first-order chi connectivity index (χ1) is 21.8. The number of nitrogen functional groups attached to an aromatic ring is 1. The minimum atomic E-state index is -0.527. The molecule has 46 heavy (non-hydrogen) atoms. The molecular formula is C36H50N6O4. The number of nitrogens with zero attached hydrogens (tertiary/aromatic N) is 4. The summed E-state index contributed by atoms with van der Waals surface area (Å²) in [6.45, 7) is 15.7. The van der Waals surface area contributed by atoms with E-state index in [1.807, 2.05) is 37.8 Å². The van der Waals surface area contributed by atoms with E-state index in [9.17, 15) is 14.4 Å². The maximum absolute atomic E-state index is 13.3. The number of hydrogen-bond donors (Lipinski definition) is 2. The summed E-state index contributed by atoms with van der Waals surface area (Å²) in [6, 6.07) is 8.17. The predicted octanol–water partition coefficient (Wildman–Crippen LogP) is 6.46. The number of ether oxygens (including phenoxy) is 1. The summed E-state index contributed by atoms with van der Waals surface area (Å²) in [7, 11) is 0. The van der Waals surface area contributed by atoms with E-state index in [0.29, 0.717) is 56.1 Å². The number of anilines is 2. The van der Waals surface area contributed by atoms with Crippen LogP contribution in [-0.2, 0) is 9.53 Å². The first-order valence-electron chi connectivity index (χ1n) is 16.7. The van der Waals surface area contributed by atoms with Gasteiger partial charge in [-0.15, -0.1) is 0 Å². The highest BCUT2D eigenvalue weighted by Gasteiger charge is 2.37. The lowest BCUT2D eigenvalue weighted by atomic mass is 9.71. The average Bonchev–Trinajstić information content (AvgIpc) is 3.42. The van der Waals surface area contributed by atoms with Gasteiger partial charge in [0.25, 0.3) is 0 Å². The van der Waals surface area contributed by atoms with Crippen molar-refractivity contribution in [3.63, 3.8) is 0 Å². The van der Waals surface area contributed by atoms with Crippen molar-refractivity contribution >= 4 is 46.8 Å². The second kappa shape index (κ2) is 13.7. The molecule has 3 fully saturated rings. The molecule has 0 bridgehead atoms. The molecule has 2 amide bonds. The molecule has 10 nitrogen and oxygen atoms in total. The number of nitrogens with two attached hydrogens (primary N) is 1. The number of rotatable bonds is 7. The molecule has 1 saturated carbocycles. The van der Waals surface area contributed by atoms with Crippen molar-refractivity contribution in [1.82, 2.24) is 14.8 Å². The third-order valence-electron chi connectivity index (χ3n) is 9.67. The minimum absolute atomic E-state index is 0.0607. The van der Waals surface area contributed by atoms with Gasteiger partial charge >= 0.3 is 6.09 Å². The molecule has 2 aliphatic heterocycles. The third kappa shape index (κ3) is 7.65. The van der Waals surface area contributed by atoms with E-state index in [4.69, 9.17) is 10.5 Å². The van der Waals surface area contributed by atoms with Crippen LogP contribution in [0.15, 0.2) is 42.0 Å². The maximum atomic E-state index is 13.3. The summed E-state index contributed by atoms with van der Waals surface area (Å²) >= 11 is 0. The molecule has 3 heterocycles. The molecule has 10 heteroatoms. The van der Waals surface area contributed by atoms with Gasteiger partial charge in [-0.25, -0.2) is 9.79 Å². The number of aromatic nitrogens is 1. The summed E-state index contributed by atoms with van der Waals surface area (Å²) in [5, 5.41) is 0. The molecule has 1 aliphatic carbocycles. The number of hydrogen-bond acceptors (Lipinski definition) is 7. The highest BCUT2D eigenvalue weighted by Crippen LogP contribution is 2.41. The van der Waals surface area contributed by atoms with Gasteiger partial charge in [0.15, 0.2) is 11.6 Å². The monoisotopic (exact) mass is 630 g/mol. The van der Waals surface area contributed by atoms with Crippen LogP contribution in [0, 0.1) is 11.3 Å². The number of piperazine rings is 1. The molecule has 0 unspecified atom stereocenters. The molecule has 2 aromatic rings. The van der Waals surface area contributed by atoms with E-state index in [1.54, 1.807) is 17.3 Å². The third-order valence-corrected chi connectivity index (χ3v) is 9.67. The summed E-state index contributed by atoms with van der Waals surface area (Å²) in [5.74, 6) is 0.688. The van der Waals surface area contributed by atoms with Gasteiger partial charge in [-0.3, -0.25) is 9.59 Å².